The van der Waals surface area contributed by atoms with E-state index in [1.165, 1.54) is 36.4 Å². The predicted molar refractivity (Wildman–Crippen MR) is 65.3 cm³/mol. The van der Waals surface area contributed by atoms with Crippen LogP contribution in [-0.4, -0.2) is 11.5 Å². The van der Waals surface area contributed by atoms with Gasteiger partial charge in [-0.15, -0.1) is 11.3 Å². The summed E-state index contributed by atoms with van der Waals surface area (Å²) in [6.45, 7) is 6.42. The minimum Gasteiger partial charge on any atom is -0.311 e. The quantitative estimate of drug-likeness (QED) is 0.850. The summed E-state index contributed by atoms with van der Waals surface area (Å²) >= 11 is 1.92. The van der Waals surface area contributed by atoms with Crippen LogP contribution in [0.15, 0.2) is 0 Å². The zero-order valence-electron chi connectivity index (χ0n) is 9.68. The van der Waals surface area contributed by atoms with Gasteiger partial charge in [0.25, 0.3) is 0 Å². The number of nitrogens with zero attached hydrogens (tertiary/aromatic N) is 1. The van der Waals surface area contributed by atoms with E-state index in [2.05, 4.69) is 19.2 Å². The first-order valence-corrected chi connectivity index (χ1v) is 6.83. The molecular weight excluding hydrogens is 204 g/mol. The van der Waals surface area contributed by atoms with Crippen molar-refractivity contribution in [3.8, 4) is 0 Å². The number of aryl methyl sites for hydroxylation is 1. The molecule has 1 aromatic rings. The molecule has 1 atom stereocenters. The van der Waals surface area contributed by atoms with Gasteiger partial charge in [0.05, 0.1) is 5.69 Å². The van der Waals surface area contributed by atoms with Crippen LogP contribution in [0.5, 0.6) is 0 Å². The summed E-state index contributed by atoms with van der Waals surface area (Å²) < 4.78 is 0. The molecule has 0 aliphatic heterocycles. The molecule has 1 aliphatic carbocycles. The lowest BCUT2D eigenvalue weighted by Crippen LogP contribution is -2.12. The summed E-state index contributed by atoms with van der Waals surface area (Å²) in [7, 11) is 0. The Morgan fingerprint density at radius 1 is 1.47 bits per heavy atom. The molecule has 2 nitrogen and oxygen atoms in total. The monoisotopic (exact) mass is 224 g/mol. The van der Waals surface area contributed by atoms with Gasteiger partial charge in [0.1, 0.15) is 5.01 Å². The predicted octanol–water partition coefficient (Wildman–Crippen LogP) is 2.77. The van der Waals surface area contributed by atoms with E-state index in [1.54, 1.807) is 4.88 Å². The third-order valence-electron chi connectivity index (χ3n) is 3.19. The van der Waals surface area contributed by atoms with Gasteiger partial charge in [-0.05, 0) is 31.7 Å². The van der Waals surface area contributed by atoms with Crippen molar-refractivity contribution in [2.75, 3.05) is 6.54 Å². The third-order valence-corrected chi connectivity index (χ3v) is 4.31. The molecule has 0 radical (unpaired) electrons. The lowest BCUT2D eigenvalue weighted by Gasteiger charge is -2.18. The summed E-state index contributed by atoms with van der Waals surface area (Å²) in [6, 6.07) is 0. The molecule has 1 unspecified atom stereocenters. The Kier molecular flexibility index (Phi) is 3.76. The van der Waals surface area contributed by atoms with Crippen LogP contribution in [0.4, 0.5) is 0 Å². The van der Waals surface area contributed by atoms with E-state index < -0.39 is 0 Å². The molecule has 0 amide bonds. The molecule has 0 spiro atoms. The fourth-order valence-electron chi connectivity index (χ4n) is 2.15. The Morgan fingerprint density at radius 3 is 3.07 bits per heavy atom. The molecule has 0 saturated carbocycles. The highest BCUT2D eigenvalue weighted by Crippen LogP contribution is 2.31. The van der Waals surface area contributed by atoms with Crippen molar-refractivity contribution in [3.05, 3.63) is 15.6 Å². The lowest BCUT2D eigenvalue weighted by atomic mass is 9.89. The standard InChI is InChI=1S/C12H20N2S/c1-3-9-5-6-10-11(7-9)15-12(14-10)8-13-4-2/h9,13H,3-8H2,1-2H3. The van der Waals surface area contributed by atoms with Crippen LogP contribution in [-0.2, 0) is 19.4 Å². The van der Waals surface area contributed by atoms with Crippen molar-refractivity contribution < 1.29 is 0 Å². The molecule has 1 N–H and O–H groups in total. The molecule has 0 aromatic carbocycles. The highest BCUT2D eigenvalue weighted by molar-refractivity contribution is 7.11. The fraction of sp³-hybridized carbons (Fsp3) is 0.750. The Morgan fingerprint density at radius 2 is 2.33 bits per heavy atom. The Balaban J connectivity index is 2.04. The van der Waals surface area contributed by atoms with Crippen LogP contribution in [0.25, 0.3) is 0 Å². The average molecular weight is 224 g/mol. The Bertz CT molecular complexity index is 319. The molecule has 2 rings (SSSR count). The van der Waals surface area contributed by atoms with Crippen LogP contribution >= 0.6 is 11.3 Å². The Labute approximate surface area is 96.1 Å². The summed E-state index contributed by atoms with van der Waals surface area (Å²) in [5.74, 6) is 0.907. The van der Waals surface area contributed by atoms with Gasteiger partial charge in [0.15, 0.2) is 0 Å². The van der Waals surface area contributed by atoms with Crippen molar-refractivity contribution in [3.63, 3.8) is 0 Å². The van der Waals surface area contributed by atoms with Crippen LogP contribution in [0.3, 0.4) is 0 Å². The maximum absolute atomic E-state index is 4.71. The van der Waals surface area contributed by atoms with Gasteiger partial charge in [-0.3, -0.25) is 0 Å². The van der Waals surface area contributed by atoms with Crippen molar-refractivity contribution in [2.45, 2.75) is 46.1 Å². The smallest absolute Gasteiger partial charge is 0.107 e. The largest absolute Gasteiger partial charge is 0.311 e. The van der Waals surface area contributed by atoms with Crippen LogP contribution < -0.4 is 5.32 Å². The minimum absolute atomic E-state index is 0.907. The van der Waals surface area contributed by atoms with E-state index in [0.717, 1.165) is 19.0 Å². The fourth-order valence-corrected chi connectivity index (χ4v) is 3.35. The van der Waals surface area contributed by atoms with E-state index in [-0.39, 0.29) is 0 Å². The normalized spacial score (nSPS) is 20.3. The second kappa shape index (κ2) is 5.08. The van der Waals surface area contributed by atoms with E-state index >= 15 is 0 Å². The third kappa shape index (κ3) is 2.58. The van der Waals surface area contributed by atoms with Crippen molar-refractivity contribution >= 4 is 11.3 Å². The van der Waals surface area contributed by atoms with Crippen molar-refractivity contribution in [1.82, 2.24) is 10.3 Å². The van der Waals surface area contributed by atoms with Gasteiger partial charge in [-0.2, -0.15) is 0 Å². The molecule has 84 valence electrons. The number of nitrogens with one attached hydrogen (secondary N) is 1. The Hall–Kier alpha value is -0.410. The first kappa shape index (κ1) is 11.1. The number of fused-ring (bicyclic) bond motifs is 1. The summed E-state index contributed by atoms with van der Waals surface area (Å²) in [4.78, 5) is 6.27. The first-order valence-electron chi connectivity index (χ1n) is 6.01. The molecule has 3 heteroatoms. The molecular formula is C12H20N2S. The van der Waals surface area contributed by atoms with E-state index in [4.69, 9.17) is 4.98 Å². The number of aromatic nitrogens is 1. The second-order valence-electron chi connectivity index (χ2n) is 4.27. The minimum atomic E-state index is 0.907. The molecule has 15 heavy (non-hydrogen) atoms. The summed E-state index contributed by atoms with van der Waals surface area (Å²) in [5, 5.41) is 4.62. The number of thiazole rings is 1. The lowest BCUT2D eigenvalue weighted by molar-refractivity contribution is 0.445. The number of hydrogen-bond acceptors (Lipinski definition) is 3. The van der Waals surface area contributed by atoms with Gasteiger partial charge >= 0.3 is 0 Å². The van der Waals surface area contributed by atoms with Crippen LogP contribution in [0.2, 0.25) is 0 Å². The second-order valence-corrected chi connectivity index (χ2v) is 5.44. The van der Waals surface area contributed by atoms with Gasteiger partial charge in [0.2, 0.25) is 0 Å². The van der Waals surface area contributed by atoms with Crippen LogP contribution in [0, 0.1) is 5.92 Å². The maximum atomic E-state index is 4.71. The van der Waals surface area contributed by atoms with Gasteiger partial charge in [-0.25, -0.2) is 4.98 Å². The molecule has 1 heterocycles. The number of rotatable bonds is 4. The topological polar surface area (TPSA) is 24.9 Å². The first-order chi connectivity index (χ1) is 7.33. The zero-order valence-corrected chi connectivity index (χ0v) is 10.5. The van der Waals surface area contributed by atoms with E-state index in [9.17, 15) is 0 Å². The molecule has 0 bridgehead atoms. The highest BCUT2D eigenvalue weighted by Gasteiger charge is 2.20. The molecule has 1 aliphatic rings. The van der Waals surface area contributed by atoms with E-state index in [0.29, 0.717) is 0 Å². The SMILES string of the molecule is CCNCc1nc2c(s1)CC(CC)CC2. The average Bonchev–Trinajstić information content (AvgIpc) is 2.67. The van der Waals surface area contributed by atoms with Crippen molar-refractivity contribution in [2.24, 2.45) is 5.92 Å². The number of hydrogen-bond donors (Lipinski definition) is 1. The molecule has 1 aromatic heterocycles. The maximum Gasteiger partial charge on any atom is 0.107 e. The van der Waals surface area contributed by atoms with Gasteiger partial charge in [0, 0.05) is 11.4 Å². The summed E-state index contributed by atoms with van der Waals surface area (Å²) in [6.07, 6.45) is 5.14. The highest BCUT2D eigenvalue weighted by atomic mass is 32.1. The summed E-state index contributed by atoms with van der Waals surface area (Å²) in [5.41, 5.74) is 1.39. The van der Waals surface area contributed by atoms with Gasteiger partial charge in [-0.1, -0.05) is 20.3 Å². The molecule has 0 fully saturated rings. The molecule has 0 saturated heterocycles. The van der Waals surface area contributed by atoms with E-state index in [1.807, 2.05) is 11.3 Å². The van der Waals surface area contributed by atoms with Gasteiger partial charge < -0.3 is 5.32 Å². The zero-order chi connectivity index (χ0) is 10.7. The van der Waals surface area contributed by atoms with Crippen molar-refractivity contribution in [1.29, 1.82) is 0 Å². The van der Waals surface area contributed by atoms with Crippen LogP contribution in [0.1, 0.15) is 42.3 Å².